The number of hydrogen-bond donors (Lipinski definition) is 2. The first-order valence-electron chi connectivity index (χ1n) is 6.53. The zero-order chi connectivity index (χ0) is 12.7. The highest BCUT2D eigenvalue weighted by Crippen LogP contribution is 2.32. The molecule has 0 radical (unpaired) electrons. The Labute approximate surface area is 110 Å². The first kappa shape index (κ1) is 10.6. The van der Waals surface area contributed by atoms with Crippen LogP contribution in [0.5, 0.6) is 0 Å². The van der Waals surface area contributed by atoms with Crippen molar-refractivity contribution in [3.05, 3.63) is 54.0 Å². The summed E-state index contributed by atoms with van der Waals surface area (Å²) in [6.07, 6.45) is 5.93. The molecule has 2 N–H and O–H groups in total. The van der Waals surface area contributed by atoms with Gasteiger partial charge in [-0.1, -0.05) is 6.07 Å². The van der Waals surface area contributed by atoms with Crippen LogP contribution in [-0.2, 0) is 6.42 Å². The predicted molar refractivity (Wildman–Crippen MR) is 75.0 cm³/mol. The van der Waals surface area contributed by atoms with Crippen molar-refractivity contribution in [2.75, 3.05) is 5.32 Å². The summed E-state index contributed by atoms with van der Waals surface area (Å²) < 4.78 is 0. The molecule has 0 saturated carbocycles. The lowest BCUT2D eigenvalue weighted by Gasteiger charge is -2.14. The normalized spacial score (nSPS) is 17.6. The number of H-pyrrole nitrogens is 1. The fraction of sp³-hybridized carbons (Fsp3) is 0.200. The molecule has 2 heterocycles. The van der Waals surface area contributed by atoms with Crippen LogP contribution in [0.25, 0.3) is 10.9 Å². The second kappa shape index (κ2) is 4.09. The molecular weight excluding hydrogens is 236 g/mol. The van der Waals surface area contributed by atoms with Crippen LogP contribution in [0.2, 0.25) is 0 Å². The number of rotatable bonds is 2. The third-order valence-electron chi connectivity index (χ3n) is 3.74. The second-order valence-corrected chi connectivity index (χ2v) is 4.96. The van der Waals surface area contributed by atoms with Gasteiger partial charge in [0.05, 0.1) is 23.4 Å². The van der Waals surface area contributed by atoms with E-state index < -0.39 is 0 Å². The summed E-state index contributed by atoms with van der Waals surface area (Å²) in [5, 5.41) is 11.7. The predicted octanol–water partition coefficient (Wildman–Crippen LogP) is 3.06. The third kappa shape index (κ3) is 1.76. The molecule has 4 nitrogen and oxygen atoms in total. The summed E-state index contributed by atoms with van der Waals surface area (Å²) in [6.45, 7) is 0. The number of pyridine rings is 1. The quantitative estimate of drug-likeness (QED) is 0.735. The van der Waals surface area contributed by atoms with Gasteiger partial charge < -0.3 is 5.32 Å². The maximum Gasteiger partial charge on any atom is 0.0691 e. The van der Waals surface area contributed by atoms with Gasteiger partial charge in [-0.2, -0.15) is 5.10 Å². The van der Waals surface area contributed by atoms with Crippen molar-refractivity contribution < 1.29 is 0 Å². The molecule has 0 spiro atoms. The van der Waals surface area contributed by atoms with E-state index in [0.29, 0.717) is 6.04 Å². The average molecular weight is 250 g/mol. The number of nitrogens with one attached hydrogen (secondary N) is 2. The van der Waals surface area contributed by atoms with E-state index in [1.807, 2.05) is 18.5 Å². The number of benzene rings is 1. The van der Waals surface area contributed by atoms with Crippen LogP contribution >= 0.6 is 0 Å². The summed E-state index contributed by atoms with van der Waals surface area (Å²) >= 11 is 0. The molecule has 0 amide bonds. The number of aryl methyl sites for hydroxylation is 1. The summed E-state index contributed by atoms with van der Waals surface area (Å²) in [5.74, 6) is 0. The largest absolute Gasteiger partial charge is 0.377 e. The maximum absolute atomic E-state index is 4.51. The van der Waals surface area contributed by atoms with Gasteiger partial charge in [0.2, 0.25) is 0 Å². The van der Waals surface area contributed by atoms with Crippen LogP contribution in [0.15, 0.2) is 42.7 Å². The molecule has 4 rings (SSSR count). The second-order valence-electron chi connectivity index (χ2n) is 4.96. The summed E-state index contributed by atoms with van der Waals surface area (Å²) in [4.78, 5) is 4.51. The molecule has 0 aliphatic heterocycles. The Hall–Kier alpha value is -2.36. The minimum Gasteiger partial charge on any atom is -0.377 e. The molecule has 1 atom stereocenters. The van der Waals surface area contributed by atoms with Crippen LogP contribution in [0.1, 0.15) is 23.7 Å². The van der Waals surface area contributed by atoms with Crippen molar-refractivity contribution in [2.45, 2.75) is 18.9 Å². The number of fused-ring (bicyclic) bond motifs is 2. The van der Waals surface area contributed by atoms with Crippen LogP contribution in [-0.4, -0.2) is 15.2 Å². The van der Waals surface area contributed by atoms with Crippen LogP contribution in [0.4, 0.5) is 5.69 Å². The minimum absolute atomic E-state index is 0.320. The van der Waals surface area contributed by atoms with Gasteiger partial charge in [-0.05, 0) is 42.7 Å². The van der Waals surface area contributed by atoms with Gasteiger partial charge in [0.25, 0.3) is 0 Å². The minimum atomic E-state index is 0.320. The molecular formula is C15H14N4. The van der Waals surface area contributed by atoms with E-state index in [1.54, 1.807) is 0 Å². The number of aromatic nitrogens is 3. The first-order chi connectivity index (χ1) is 9.40. The zero-order valence-corrected chi connectivity index (χ0v) is 10.4. The number of nitrogens with zero attached hydrogens (tertiary/aromatic N) is 2. The molecule has 94 valence electrons. The van der Waals surface area contributed by atoms with E-state index in [9.17, 15) is 0 Å². The zero-order valence-electron chi connectivity index (χ0n) is 10.4. The Morgan fingerprint density at radius 3 is 3.26 bits per heavy atom. The molecule has 1 aromatic carbocycles. The lowest BCUT2D eigenvalue weighted by Crippen LogP contribution is -2.08. The molecule has 3 aromatic rings. The smallest absolute Gasteiger partial charge is 0.0691 e. The summed E-state index contributed by atoms with van der Waals surface area (Å²) in [5.41, 5.74) is 4.74. The van der Waals surface area contributed by atoms with Gasteiger partial charge in [-0.25, -0.2) is 0 Å². The molecule has 2 aromatic heterocycles. The van der Waals surface area contributed by atoms with Crippen molar-refractivity contribution in [1.82, 2.24) is 15.2 Å². The van der Waals surface area contributed by atoms with Crippen molar-refractivity contribution >= 4 is 16.6 Å². The SMILES string of the molecule is c1cnc2c(c1)CCC2Nc1ccc2[nH]ncc2c1. The maximum atomic E-state index is 4.51. The highest BCUT2D eigenvalue weighted by molar-refractivity contribution is 5.81. The van der Waals surface area contributed by atoms with Gasteiger partial charge in [-0.15, -0.1) is 0 Å². The number of anilines is 1. The van der Waals surface area contributed by atoms with Crippen molar-refractivity contribution in [3.8, 4) is 0 Å². The van der Waals surface area contributed by atoms with Crippen molar-refractivity contribution in [3.63, 3.8) is 0 Å². The van der Waals surface area contributed by atoms with Crippen LogP contribution in [0.3, 0.4) is 0 Å². The molecule has 0 saturated heterocycles. The Morgan fingerprint density at radius 1 is 1.26 bits per heavy atom. The molecule has 19 heavy (non-hydrogen) atoms. The monoisotopic (exact) mass is 250 g/mol. The van der Waals surface area contributed by atoms with Crippen LogP contribution < -0.4 is 5.32 Å². The Morgan fingerprint density at radius 2 is 2.26 bits per heavy atom. The van der Waals surface area contributed by atoms with E-state index in [1.165, 1.54) is 11.3 Å². The Bertz CT molecular complexity index is 732. The fourth-order valence-corrected chi connectivity index (χ4v) is 2.79. The lowest BCUT2D eigenvalue weighted by molar-refractivity contribution is 0.746. The topological polar surface area (TPSA) is 53.6 Å². The number of aromatic amines is 1. The average Bonchev–Trinajstić information content (AvgIpc) is 3.06. The van der Waals surface area contributed by atoms with Crippen molar-refractivity contribution in [1.29, 1.82) is 0 Å². The van der Waals surface area contributed by atoms with E-state index >= 15 is 0 Å². The standard InChI is InChI=1S/C15H14N4/c1-2-10-3-5-14(15(10)16-7-1)18-12-4-6-13-11(8-12)9-17-19-13/h1-2,4,6-9,14,18H,3,5H2,(H,17,19). The van der Waals surface area contributed by atoms with Crippen molar-refractivity contribution in [2.24, 2.45) is 0 Å². The van der Waals surface area contributed by atoms with Crippen LogP contribution in [0, 0.1) is 0 Å². The van der Waals surface area contributed by atoms with Gasteiger partial charge in [0, 0.05) is 17.3 Å². The molecule has 4 heteroatoms. The summed E-state index contributed by atoms with van der Waals surface area (Å²) in [6, 6.07) is 10.8. The first-order valence-corrected chi connectivity index (χ1v) is 6.53. The Balaban J connectivity index is 1.65. The van der Waals surface area contributed by atoms with E-state index in [0.717, 1.165) is 29.4 Å². The molecule has 0 bridgehead atoms. The molecule has 1 aliphatic carbocycles. The highest BCUT2D eigenvalue weighted by atomic mass is 15.1. The number of hydrogen-bond acceptors (Lipinski definition) is 3. The van der Waals surface area contributed by atoms with E-state index in [2.05, 4.69) is 44.8 Å². The van der Waals surface area contributed by atoms with Gasteiger partial charge in [-0.3, -0.25) is 10.1 Å². The molecule has 1 unspecified atom stereocenters. The fourth-order valence-electron chi connectivity index (χ4n) is 2.79. The van der Waals surface area contributed by atoms with Gasteiger partial charge >= 0.3 is 0 Å². The van der Waals surface area contributed by atoms with Gasteiger partial charge in [0.15, 0.2) is 0 Å². The highest BCUT2D eigenvalue weighted by Gasteiger charge is 2.23. The van der Waals surface area contributed by atoms with E-state index in [4.69, 9.17) is 0 Å². The summed E-state index contributed by atoms with van der Waals surface area (Å²) in [7, 11) is 0. The lowest BCUT2D eigenvalue weighted by atomic mass is 10.2. The van der Waals surface area contributed by atoms with E-state index in [-0.39, 0.29) is 0 Å². The van der Waals surface area contributed by atoms with Gasteiger partial charge in [0.1, 0.15) is 0 Å². The Kier molecular flexibility index (Phi) is 2.27. The third-order valence-corrected chi connectivity index (χ3v) is 3.74. The molecule has 1 aliphatic rings. The molecule has 0 fully saturated rings.